The van der Waals surface area contributed by atoms with Crippen LogP contribution in [0.25, 0.3) is 0 Å². The molecule has 19 heavy (non-hydrogen) atoms. The SMILES string of the molecule is [B]c1nc2n(n1)CCCN2c1ccc(F)c(F)c1F. The van der Waals surface area contributed by atoms with Crippen molar-refractivity contribution in [3.05, 3.63) is 29.6 Å². The van der Waals surface area contributed by atoms with Crippen LogP contribution in [0.4, 0.5) is 24.8 Å². The molecule has 1 aromatic heterocycles. The highest BCUT2D eigenvalue weighted by molar-refractivity contribution is 6.29. The molecule has 0 fully saturated rings. The molecule has 0 aliphatic carbocycles. The first kappa shape index (κ1) is 12.1. The molecule has 4 nitrogen and oxygen atoms in total. The molecule has 0 saturated heterocycles. The van der Waals surface area contributed by atoms with E-state index in [-0.39, 0.29) is 11.4 Å². The Hall–Kier alpha value is -1.99. The van der Waals surface area contributed by atoms with Crippen LogP contribution in [0.5, 0.6) is 0 Å². The van der Waals surface area contributed by atoms with Crippen molar-refractivity contribution >= 4 is 25.2 Å². The maximum atomic E-state index is 13.8. The van der Waals surface area contributed by atoms with E-state index < -0.39 is 17.5 Å². The van der Waals surface area contributed by atoms with E-state index in [0.717, 1.165) is 6.07 Å². The Morgan fingerprint density at radius 1 is 1.11 bits per heavy atom. The fourth-order valence-electron chi connectivity index (χ4n) is 2.13. The maximum Gasteiger partial charge on any atom is 0.227 e. The molecule has 2 heterocycles. The minimum absolute atomic E-state index is 0.0601. The summed E-state index contributed by atoms with van der Waals surface area (Å²) in [5.41, 5.74) is -0.0165. The van der Waals surface area contributed by atoms with E-state index in [9.17, 15) is 13.2 Å². The van der Waals surface area contributed by atoms with Gasteiger partial charge in [0.25, 0.3) is 0 Å². The summed E-state index contributed by atoms with van der Waals surface area (Å²) in [6, 6.07) is 2.06. The molecule has 0 amide bonds. The summed E-state index contributed by atoms with van der Waals surface area (Å²) in [5.74, 6) is -3.63. The van der Waals surface area contributed by atoms with E-state index in [0.29, 0.717) is 25.5 Å². The van der Waals surface area contributed by atoms with Gasteiger partial charge < -0.3 is 4.90 Å². The van der Waals surface area contributed by atoms with E-state index >= 15 is 0 Å². The van der Waals surface area contributed by atoms with Gasteiger partial charge in [-0.15, -0.1) is 0 Å². The molecule has 0 saturated carbocycles. The molecule has 2 aromatic rings. The third-order valence-corrected chi connectivity index (χ3v) is 2.97. The number of rotatable bonds is 1. The van der Waals surface area contributed by atoms with Crippen molar-refractivity contribution in [2.75, 3.05) is 11.4 Å². The van der Waals surface area contributed by atoms with Crippen molar-refractivity contribution in [1.29, 1.82) is 0 Å². The monoisotopic (exact) mass is 264 g/mol. The summed E-state index contributed by atoms with van der Waals surface area (Å²) in [4.78, 5) is 5.41. The van der Waals surface area contributed by atoms with Gasteiger partial charge in [0.2, 0.25) is 5.95 Å². The number of hydrogen-bond donors (Lipinski definition) is 0. The van der Waals surface area contributed by atoms with Crippen molar-refractivity contribution in [3.63, 3.8) is 0 Å². The van der Waals surface area contributed by atoms with E-state index in [1.165, 1.54) is 15.6 Å². The van der Waals surface area contributed by atoms with Crippen LogP contribution in [-0.4, -0.2) is 29.2 Å². The van der Waals surface area contributed by atoms with Gasteiger partial charge in [-0.25, -0.2) is 22.8 Å². The average molecular weight is 264 g/mol. The van der Waals surface area contributed by atoms with Gasteiger partial charge in [-0.05, 0) is 18.6 Å². The molecule has 0 unspecified atom stereocenters. The Bertz CT molecular complexity index is 643. The largest absolute Gasteiger partial charge is 0.308 e. The number of benzene rings is 1. The topological polar surface area (TPSA) is 34.0 Å². The summed E-state index contributed by atoms with van der Waals surface area (Å²) in [7, 11) is 5.49. The number of fused-ring (bicyclic) bond motifs is 1. The number of aromatic nitrogens is 3. The summed E-state index contributed by atoms with van der Waals surface area (Å²) in [5, 5.41) is 3.95. The number of nitrogens with zero attached hydrogens (tertiary/aromatic N) is 4. The standard InChI is InChI=1S/C11H8BF3N4/c12-10-16-11-18(4-1-5-19(11)17-10)7-3-2-6(13)8(14)9(7)15/h2-3H,1,4-5H2. The molecule has 0 N–H and O–H groups in total. The summed E-state index contributed by atoms with van der Waals surface area (Å²) >= 11 is 0. The smallest absolute Gasteiger partial charge is 0.227 e. The van der Waals surface area contributed by atoms with Crippen LogP contribution in [0.2, 0.25) is 0 Å². The Kier molecular flexibility index (Phi) is 2.72. The van der Waals surface area contributed by atoms with E-state index in [2.05, 4.69) is 10.1 Å². The maximum absolute atomic E-state index is 13.8. The Morgan fingerprint density at radius 3 is 2.68 bits per heavy atom. The second-order valence-electron chi connectivity index (χ2n) is 4.19. The second kappa shape index (κ2) is 4.29. The lowest BCUT2D eigenvalue weighted by Crippen LogP contribution is -2.29. The zero-order chi connectivity index (χ0) is 13.6. The Morgan fingerprint density at radius 2 is 1.89 bits per heavy atom. The summed E-state index contributed by atoms with van der Waals surface area (Å²) in [6.07, 6.45) is 0.675. The van der Waals surface area contributed by atoms with Crippen molar-refractivity contribution in [3.8, 4) is 0 Å². The first-order chi connectivity index (χ1) is 9.08. The lowest BCUT2D eigenvalue weighted by molar-refractivity contribution is 0.445. The predicted molar refractivity (Wildman–Crippen MR) is 63.3 cm³/mol. The zero-order valence-corrected chi connectivity index (χ0v) is 9.78. The molecule has 1 aliphatic rings. The number of hydrogen-bond acceptors (Lipinski definition) is 3. The van der Waals surface area contributed by atoms with Crippen LogP contribution in [0.3, 0.4) is 0 Å². The predicted octanol–water partition coefficient (Wildman–Crippen LogP) is 1.03. The third-order valence-electron chi connectivity index (χ3n) is 2.97. The zero-order valence-electron chi connectivity index (χ0n) is 9.78. The van der Waals surface area contributed by atoms with E-state index in [1.807, 2.05) is 0 Å². The van der Waals surface area contributed by atoms with Crippen LogP contribution in [0, 0.1) is 17.5 Å². The van der Waals surface area contributed by atoms with Crippen molar-refractivity contribution < 1.29 is 13.2 Å². The van der Waals surface area contributed by atoms with Gasteiger partial charge >= 0.3 is 0 Å². The fraction of sp³-hybridized carbons (Fsp3) is 0.273. The van der Waals surface area contributed by atoms with Gasteiger partial charge in [0, 0.05) is 13.1 Å². The van der Waals surface area contributed by atoms with Crippen LogP contribution < -0.4 is 10.6 Å². The van der Waals surface area contributed by atoms with Gasteiger partial charge in [0.15, 0.2) is 25.3 Å². The molecule has 8 heteroatoms. The minimum Gasteiger partial charge on any atom is -0.308 e. The molecule has 96 valence electrons. The molecule has 0 bridgehead atoms. The van der Waals surface area contributed by atoms with Gasteiger partial charge in [0.1, 0.15) is 0 Å². The van der Waals surface area contributed by atoms with Gasteiger partial charge in [-0.3, -0.25) is 0 Å². The van der Waals surface area contributed by atoms with Gasteiger partial charge in [-0.2, -0.15) is 5.10 Å². The molecule has 3 rings (SSSR count). The molecule has 0 spiro atoms. The number of aryl methyl sites for hydroxylation is 1. The Balaban J connectivity index is 2.11. The van der Waals surface area contributed by atoms with Crippen LogP contribution >= 0.6 is 0 Å². The van der Waals surface area contributed by atoms with Crippen molar-refractivity contribution in [1.82, 2.24) is 14.8 Å². The third kappa shape index (κ3) is 1.87. The molecular weight excluding hydrogens is 256 g/mol. The first-order valence-corrected chi connectivity index (χ1v) is 5.69. The summed E-state index contributed by atoms with van der Waals surface area (Å²) in [6.45, 7) is 1.03. The number of halogens is 3. The van der Waals surface area contributed by atoms with Gasteiger partial charge in [0.05, 0.1) is 11.4 Å². The van der Waals surface area contributed by atoms with Crippen LogP contribution in [0.1, 0.15) is 6.42 Å². The minimum atomic E-state index is -1.50. The molecule has 1 aliphatic heterocycles. The Labute approximate surface area is 108 Å². The summed E-state index contributed by atoms with van der Waals surface area (Å²) < 4.78 is 41.5. The first-order valence-electron chi connectivity index (χ1n) is 5.69. The van der Waals surface area contributed by atoms with Crippen molar-refractivity contribution in [2.45, 2.75) is 13.0 Å². The molecule has 2 radical (unpaired) electrons. The van der Waals surface area contributed by atoms with Gasteiger partial charge in [-0.1, -0.05) is 0 Å². The molecular formula is C11H8BF3N4. The van der Waals surface area contributed by atoms with E-state index in [1.54, 1.807) is 0 Å². The number of anilines is 2. The van der Waals surface area contributed by atoms with Crippen LogP contribution in [0.15, 0.2) is 12.1 Å². The van der Waals surface area contributed by atoms with Crippen LogP contribution in [-0.2, 0) is 6.54 Å². The molecule has 0 atom stereocenters. The molecule has 1 aromatic carbocycles. The van der Waals surface area contributed by atoms with E-state index in [4.69, 9.17) is 7.85 Å². The second-order valence-corrected chi connectivity index (χ2v) is 4.19. The van der Waals surface area contributed by atoms with Crippen molar-refractivity contribution in [2.24, 2.45) is 0 Å². The highest BCUT2D eigenvalue weighted by Crippen LogP contribution is 2.30. The lowest BCUT2D eigenvalue weighted by atomic mass is 10.1. The highest BCUT2D eigenvalue weighted by Gasteiger charge is 2.25. The highest BCUT2D eigenvalue weighted by atomic mass is 19.2. The lowest BCUT2D eigenvalue weighted by Gasteiger charge is -2.28. The normalized spacial score (nSPS) is 14.6. The fourth-order valence-corrected chi connectivity index (χ4v) is 2.13. The quantitative estimate of drug-likeness (QED) is 0.570. The average Bonchev–Trinajstić information content (AvgIpc) is 2.76.